The second-order valence-corrected chi connectivity index (χ2v) is 6.73. The molecule has 20 heavy (non-hydrogen) atoms. The van der Waals surface area contributed by atoms with Gasteiger partial charge in [0, 0.05) is 16.3 Å². The van der Waals surface area contributed by atoms with Crippen LogP contribution >= 0.6 is 23.1 Å². The van der Waals surface area contributed by atoms with Crippen molar-refractivity contribution in [1.82, 2.24) is 4.98 Å². The zero-order valence-electron chi connectivity index (χ0n) is 12.3. The van der Waals surface area contributed by atoms with Gasteiger partial charge in [0.05, 0.1) is 10.6 Å². The molecule has 1 nitrogen and oxygen atoms in total. The van der Waals surface area contributed by atoms with Crippen LogP contribution in [0.4, 0.5) is 0 Å². The van der Waals surface area contributed by atoms with E-state index < -0.39 is 0 Å². The molecule has 0 saturated carbocycles. The second-order valence-electron chi connectivity index (χ2n) is 4.28. The SMILES string of the molecule is CC.CCC1=CCC(c2ccc(-c3ccccn3)s2)S1. The standard InChI is InChI=1S/C15H15NS2.C2H6/c1-2-11-6-7-14(17-11)15-9-8-13(18-15)12-5-3-4-10-16-12;1-2/h3-6,8-10,14H,2,7H2,1H3;1-2H3. The molecule has 106 valence electrons. The van der Waals surface area contributed by atoms with E-state index in [1.54, 1.807) is 0 Å². The maximum absolute atomic E-state index is 4.41. The lowest BCUT2D eigenvalue weighted by Crippen LogP contribution is -1.82. The molecule has 3 heterocycles. The van der Waals surface area contributed by atoms with Crippen LogP contribution in [0.5, 0.6) is 0 Å². The topological polar surface area (TPSA) is 12.9 Å². The van der Waals surface area contributed by atoms with Gasteiger partial charge in [-0.15, -0.1) is 23.1 Å². The average Bonchev–Trinajstić information content (AvgIpc) is 3.19. The first-order valence-electron chi connectivity index (χ1n) is 7.23. The molecule has 2 aromatic heterocycles. The summed E-state index contributed by atoms with van der Waals surface area (Å²) >= 11 is 3.90. The number of pyridine rings is 1. The summed E-state index contributed by atoms with van der Waals surface area (Å²) in [5.74, 6) is 0. The number of thiophene rings is 1. The van der Waals surface area contributed by atoms with E-state index in [4.69, 9.17) is 0 Å². The third-order valence-corrected chi connectivity index (χ3v) is 5.92. The number of allylic oxidation sites excluding steroid dienone is 2. The van der Waals surface area contributed by atoms with E-state index in [9.17, 15) is 0 Å². The normalized spacial score (nSPS) is 17.4. The highest BCUT2D eigenvalue weighted by Gasteiger charge is 2.20. The van der Waals surface area contributed by atoms with Crippen LogP contribution in [-0.4, -0.2) is 4.98 Å². The minimum atomic E-state index is 0.627. The molecule has 0 radical (unpaired) electrons. The molecule has 0 aliphatic carbocycles. The van der Waals surface area contributed by atoms with Crippen molar-refractivity contribution in [3.63, 3.8) is 0 Å². The van der Waals surface area contributed by atoms with Gasteiger partial charge in [-0.3, -0.25) is 4.98 Å². The lowest BCUT2D eigenvalue weighted by Gasteiger charge is -2.06. The van der Waals surface area contributed by atoms with Crippen LogP contribution in [0, 0.1) is 0 Å². The van der Waals surface area contributed by atoms with Crippen molar-refractivity contribution in [1.29, 1.82) is 0 Å². The van der Waals surface area contributed by atoms with Gasteiger partial charge in [0.1, 0.15) is 0 Å². The second kappa shape index (κ2) is 7.65. The molecule has 1 atom stereocenters. The van der Waals surface area contributed by atoms with Gasteiger partial charge >= 0.3 is 0 Å². The number of hydrogen-bond acceptors (Lipinski definition) is 3. The molecule has 3 rings (SSSR count). The van der Waals surface area contributed by atoms with Crippen LogP contribution in [0.25, 0.3) is 10.6 Å². The fourth-order valence-corrected chi connectivity index (χ4v) is 4.47. The Bertz CT molecular complexity index is 557. The summed E-state index contributed by atoms with van der Waals surface area (Å²) in [7, 11) is 0. The molecular weight excluding hydrogens is 282 g/mol. The van der Waals surface area contributed by atoms with Crippen molar-refractivity contribution in [2.24, 2.45) is 0 Å². The van der Waals surface area contributed by atoms with Crippen molar-refractivity contribution in [3.8, 4) is 10.6 Å². The molecule has 0 N–H and O–H groups in total. The van der Waals surface area contributed by atoms with E-state index in [-0.39, 0.29) is 0 Å². The smallest absolute Gasteiger partial charge is 0.0801 e. The molecule has 1 aliphatic rings. The molecule has 0 saturated heterocycles. The lowest BCUT2D eigenvalue weighted by atomic mass is 10.2. The largest absolute Gasteiger partial charge is 0.255 e. The molecule has 2 aromatic rings. The van der Waals surface area contributed by atoms with Gasteiger partial charge in [0.2, 0.25) is 0 Å². The molecule has 0 spiro atoms. The number of aromatic nitrogens is 1. The predicted octanol–water partition coefficient (Wildman–Crippen LogP) is 6.31. The first-order chi connectivity index (χ1) is 9.86. The molecule has 0 amide bonds. The third-order valence-electron chi connectivity index (χ3n) is 3.06. The number of thioether (sulfide) groups is 1. The van der Waals surface area contributed by atoms with Crippen LogP contribution in [0.2, 0.25) is 0 Å². The summed E-state index contributed by atoms with van der Waals surface area (Å²) in [4.78, 5) is 8.69. The van der Waals surface area contributed by atoms with Crippen molar-refractivity contribution in [2.45, 2.75) is 38.9 Å². The quantitative estimate of drug-likeness (QED) is 0.659. The van der Waals surface area contributed by atoms with Gasteiger partial charge in [0.15, 0.2) is 0 Å². The minimum absolute atomic E-state index is 0.627. The first kappa shape index (κ1) is 15.3. The van der Waals surface area contributed by atoms with E-state index in [2.05, 4.69) is 36.2 Å². The summed E-state index contributed by atoms with van der Waals surface area (Å²) in [6.45, 7) is 6.23. The zero-order valence-corrected chi connectivity index (χ0v) is 13.9. The highest BCUT2D eigenvalue weighted by molar-refractivity contribution is 8.03. The Morgan fingerprint density at radius 2 is 2.05 bits per heavy atom. The Labute approximate surface area is 130 Å². The van der Waals surface area contributed by atoms with Crippen molar-refractivity contribution >= 4 is 23.1 Å². The predicted molar refractivity (Wildman–Crippen MR) is 92.2 cm³/mol. The Morgan fingerprint density at radius 1 is 1.20 bits per heavy atom. The van der Waals surface area contributed by atoms with Crippen LogP contribution in [-0.2, 0) is 0 Å². The Balaban J connectivity index is 0.000000704. The highest BCUT2D eigenvalue weighted by Crippen LogP contribution is 2.47. The number of nitrogens with zero attached hydrogens (tertiary/aromatic N) is 1. The van der Waals surface area contributed by atoms with Gasteiger partial charge in [-0.2, -0.15) is 0 Å². The fraction of sp³-hybridized carbons (Fsp3) is 0.353. The van der Waals surface area contributed by atoms with Gasteiger partial charge in [-0.05, 0) is 42.0 Å². The van der Waals surface area contributed by atoms with Gasteiger partial charge in [-0.25, -0.2) is 0 Å². The summed E-state index contributed by atoms with van der Waals surface area (Å²) in [5.41, 5.74) is 1.08. The molecule has 3 heteroatoms. The average molecular weight is 303 g/mol. The van der Waals surface area contributed by atoms with E-state index in [0.717, 1.165) is 5.69 Å². The molecule has 1 unspecified atom stereocenters. The van der Waals surface area contributed by atoms with Crippen molar-refractivity contribution in [2.75, 3.05) is 0 Å². The van der Waals surface area contributed by atoms with E-state index in [0.29, 0.717) is 5.25 Å². The summed E-state index contributed by atoms with van der Waals surface area (Å²) in [5, 5.41) is 0.627. The minimum Gasteiger partial charge on any atom is -0.255 e. The molecule has 0 aromatic carbocycles. The van der Waals surface area contributed by atoms with Gasteiger partial charge < -0.3 is 0 Å². The third kappa shape index (κ3) is 3.53. The van der Waals surface area contributed by atoms with E-state index in [1.807, 2.05) is 55.3 Å². The first-order valence-corrected chi connectivity index (χ1v) is 8.93. The highest BCUT2D eigenvalue weighted by atomic mass is 32.2. The summed E-state index contributed by atoms with van der Waals surface area (Å²) in [6, 6.07) is 10.5. The summed E-state index contributed by atoms with van der Waals surface area (Å²) in [6.07, 6.45) is 6.58. The maximum Gasteiger partial charge on any atom is 0.0801 e. The van der Waals surface area contributed by atoms with Crippen LogP contribution in [0.1, 0.15) is 43.7 Å². The van der Waals surface area contributed by atoms with Crippen LogP contribution in [0.3, 0.4) is 0 Å². The number of hydrogen-bond donors (Lipinski definition) is 0. The van der Waals surface area contributed by atoms with Gasteiger partial charge in [0.25, 0.3) is 0 Å². The Morgan fingerprint density at radius 3 is 2.70 bits per heavy atom. The molecule has 0 fully saturated rings. The zero-order chi connectivity index (χ0) is 14.4. The van der Waals surface area contributed by atoms with E-state index in [1.165, 1.54) is 27.5 Å². The fourth-order valence-electron chi connectivity index (χ4n) is 2.09. The monoisotopic (exact) mass is 303 g/mol. The van der Waals surface area contributed by atoms with Gasteiger partial charge in [-0.1, -0.05) is 32.9 Å². The molecule has 0 bridgehead atoms. The summed E-state index contributed by atoms with van der Waals surface area (Å²) < 4.78 is 0. The van der Waals surface area contributed by atoms with Crippen LogP contribution < -0.4 is 0 Å². The lowest BCUT2D eigenvalue weighted by molar-refractivity contribution is 1.01. The number of rotatable bonds is 3. The Kier molecular flexibility index (Phi) is 5.86. The van der Waals surface area contributed by atoms with Crippen molar-refractivity contribution < 1.29 is 0 Å². The maximum atomic E-state index is 4.41. The molecule has 1 aliphatic heterocycles. The molecular formula is C17H21NS2. The Hall–Kier alpha value is -1.06. The van der Waals surface area contributed by atoms with E-state index >= 15 is 0 Å². The van der Waals surface area contributed by atoms with Crippen LogP contribution in [0.15, 0.2) is 47.5 Å². The van der Waals surface area contributed by atoms with Crippen molar-refractivity contribution in [3.05, 3.63) is 52.4 Å².